The normalized spacial score (nSPS) is 19.3. The molecule has 0 radical (unpaired) electrons. The van der Waals surface area contributed by atoms with Gasteiger partial charge in [-0.25, -0.2) is 0 Å². The second kappa shape index (κ2) is 8.90. The van der Waals surface area contributed by atoms with Crippen molar-refractivity contribution >= 4 is 0 Å². The molecule has 0 unspecified atom stereocenters. The average Bonchev–Trinajstić information content (AvgIpc) is 2.43. The number of rotatable bonds is 9. The third kappa shape index (κ3) is 6.21. The molecule has 4 nitrogen and oxygen atoms in total. The molecular weight excluding hydrogens is 238 g/mol. The van der Waals surface area contributed by atoms with Crippen LogP contribution in [0.1, 0.15) is 40.0 Å². The van der Waals surface area contributed by atoms with E-state index in [1.54, 1.807) is 0 Å². The van der Waals surface area contributed by atoms with Gasteiger partial charge in [0.15, 0.2) is 0 Å². The molecular formula is C15H33N3O. The number of aliphatic hydroxyl groups is 1. The summed E-state index contributed by atoms with van der Waals surface area (Å²) in [6, 6.07) is 0. The first-order chi connectivity index (χ1) is 9.13. The van der Waals surface area contributed by atoms with E-state index in [2.05, 4.69) is 35.9 Å². The van der Waals surface area contributed by atoms with Crippen molar-refractivity contribution in [2.24, 2.45) is 0 Å². The number of nitrogens with zero attached hydrogens (tertiary/aromatic N) is 2. The van der Waals surface area contributed by atoms with Crippen LogP contribution in [0.15, 0.2) is 0 Å². The topological polar surface area (TPSA) is 38.7 Å². The summed E-state index contributed by atoms with van der Waals surface area (Å²) in [5.74, 6) is 0. The molecule has 0 atom stereocenters. The summed E-state index contributed by atoms with van der Waals surface area (Å²) >= 11 is 0. The molecule has 1 fully saturated rings. The van der Waals surface area contributed by atoms with Crippen molar-refractivity contribution in [2.45, 2.75) is 45.6 Å². The van der Waals surface area contributed by atoms with Gasteiger partial charge in [0.2, 0.25) is 0 Å². The zero-order chi connectivity index (χ0) is 14.1. The number of piperidine rings is 1. The predicted molar refractivity (Wildman–Crippen MR) is 81.6 cm³/mol. The molecule has 114 valence electrons. The number of likely N-dealkylation sites (N-methyl/N-ethyl adjacent to an activating group) is 1. The van der Waals surface area contributed by atoms with Gasteiger partial charge in [0, 0.05) is 6.54 Å². The molecule has 0 aromatic carbocycles. The summed E-state index contributed by atoms with van der Waals surface area (Å²) in [7, 11) is 0. The van der Waals surface area contributed by atoms with Crippen LogP contribution in [0.3, 0.4) is 0 Å². The highest BCUT2D eigenvalue weighted by Gasteiger charge is 2.30. The van der Waals surface area contributed by atoms with Crippen LogP contribution < -0.4 is 5.32 Å². The summed E-state index contributed by atoms with van der Waals surface area (Å²) in [5.41, 5.74) is -0.462. The Hall–Kier alpha value is -0.160. The SMILES string of the molecule is CCN(CC)CCCN(CC)CC1(O)CCNCC1. The van der Waals surface area contributed by atoms with Crippen LogP contribution in [0.25, 0.3) is 0 Å². The van der Waals surface area contributed by atoms with Gasteiger partial charge >= 0.3 is 0 Å². The number of hydrogen-bond acceptors (Lipinski definition) is 4. The van der Waals surface area contributed by atoms with Gasteiger partial charge in [-0.3, -0.25) is 0 Å². The number of nitrogens with one attached hydrogen (secondary N) is 1. The third-order valence-corrected chi connectivity index (χ3v) is 4.34. The average molecular weight is 271 g/mol. The summed E-state index contributed by atoms with van der Waals surface area (Å²) in [4.78, 5) is 4.88. The quantitative estimate of drug-likeness (QED) is 0.660. The van der Waals surface area contributed by atoms with E-state index in [0.717, 1.165) is 58.7 Å². The molecule has 4 heteroatoms. The van der Waals surface area contributed by atoms with E-state index < -0.39 is 5.60 Å². The van der Waals surface area contributed by atoms with E-state index in [0.29, 0.717) is 0 Å². The Balaban J connectivity index is 2.28. The van der Waals surface area contributed by atoms with E-state index in [-0.39, 0.29) is 0 Å². The maximum absolute atomic E-state index is 10.6. The molecule has 1 aliphatic rings. The highest BCUT2D eigenvalue weighted by atomic mass is 16.3. The van der Waals surface area contributed by atoms with Crippen molar-refractivity contribution in [1.29, 1.82) is 0 Å². The van der Waals surface area contributed by atoms with Crippen LogP contribution in [0, 0.1) is 0 Å². The molecule has 0 amide bonds. The van der Waals surface area contributed by atoms with Gasteiger partial charge < -0.3 is 20.2 Å². The molecule has 0 saturated carbocycles. The Bertz CT molecular complexity index is 225. The molecule has 1 heterocycles. The fraction of sp³-hybridized carbons (Fsp3) is 1.00. The lowest BCUT2D eigenvalue weighted by atomic mass is 9.92. The van der Waals surface area contributed by atoms with Crippen LogP contribution in [0.2, 0.25) is 0 Å². The minimum Gasteiger partial charge on any atom is -0.388 e. The molecule has 1 saturated heterocycles. The van der Waals surface area contributed by atoms with Gasteiger partial charge in [-0.05, 0) is 65.1 Å². The molecule has 0 aromatic heterocycles. The predicted octanol–water partition coefficient (Wildman–Crippen LogP) is 1.15. The molecule has 0 aliphatic carbocycles. The summed E-state index contributed by atoms with van der Waals surface area (Å²) in [5, 5.41) is 13.9. The van der Waals surface area contributed by atoms with Crippen LogP contribution in [-0.4, -0.2) is 72.9 Å². The zero-order valence-electron chi connectivity index (χ0n) is 13.1. The van der Waals surface area contributed by atoms with Crippen molar-refractivity contribution in [3.8, 4) is 0 Å². The van der Waals surface area contributed by atoms with Crippen LogP contribution in [0.4, 0.5) is 0 Å². The largest absolute Gasteiger partial charge is 0.388 e. The lowest BCUT2D eigenvalue weighted by molar-refractivity contribution is -0.0203. The summed E-state index contributed by atoms with van der Waals surface area (Å²) < 4.78 is 0. The van der Waals surface area contributed by atoms with Gasteiger partial charge in [-0.15, -0.1) is 0 Å². The first kappa shape index (κ1) is 16.9. The minimum atomic E-state index is -0.462. The van der Waals surface area contributed by atoms with Gasteiger partial charge in [0.1, 0.15) is 0 Å². The molecule has 19 heavy (non-hydrogen) atoms. The van der Waals surface area contributed by atoms with E-state index >= 15 is 0 Å². The molecule has 1 aliphatic heterocycles. The van der Waals surface area contributed by atoms with E-state index in [1.807, 2.05) is 0 Å². The zero-order valence-corrected chi connectivity index (χ0v) is 13.1. The standard InChI is InChI=1S/C15H33N3O/c1-4-17(5-2)12-7-13-18(6-3)14-15(19)8-10-16-11-9-15/h16,19H,4-14H2,1-3H3. The van der Waals surface area contributed by atoms with E-state index in [1.165, 1.54) is 13.0 Å². The third-order valence-electron chi connectivity index (χ3n) is 4.34. The first-order valence-electron chi connectivity index (χ1n) is 8.01. The fourth-order valence-corrected chi connectivity index (χ4v) is 2.87. The fourth-order valence-electron chi connectivity index (χ4n) is 2.87. The lowest BCUT2D eigenvalue weighted by Gasteiger charge is -2.37. The molecule has 2 N–H and O–H groups in total. The maximum atomic E-state index is 10.6. The highest BCUT2D eigenvalue weighted by Crippen LogP contribution is 2.19. The van der Waals surface area contributed by atoms with Gasteiger partial charge in [-0.2, -0.15) is 0 Å². The van der Waals surface area contributed by atoms with Gasteiger partial charge in [-0.1, -0.05) is 20.8 Å². The Morgan fingerprint density at radius 2 is 1.47 bits per heavy atom. The maximum Gasteiger partial charge on any atom is 0.0798 e. The van der Waals surface area contributed by atoms with Crippen LogP contribution in [0.5, 0.6) is 0 Å². The van der Waals surface area contributed by atoms with Gasteiger partial charge in [0.25, 0.3) is 0 Å². The molecule has 1 rings (SSSR count). The lowest BCUT2D eigenvalue weighted by Crippen LogP contribution is -2.50. The Morgan fingerprint density at radius 1 is 0.947 bits per heavy atom. The molecule has 0 aromatic rings. The van der Waals surface area contributed by atoms with E-state index in [4.69, 9.17) is 0 Å². The minimum absolute atomic E-state index is 0.462. The second-order valence-corrected chi connectivity index (χ2v) is 5.72. The van der Waals surface area contributed by atoms with Crippen molar-refractivity contribution in [2.75, 3.05) is 52.4 Å². The summed E-state index contributed by atoms with van der Waals surface area (Å²) in [6.45, 7) is 15.0. The van der Waals surface area contributed by atoms with Crippen LogP contribution in [-0.2, 0) is 0 Å². The first-order valence-corrected chi connectivity index (χ1v) is 8.01. The highest BCUT2D eigenvalue weighted by molar-refractivity contribution is 4.87. The molecule has 0 spiro atoms. The van der Waals surface area contributed by atoms with Crippen molar-refractivity contribution < 1.29 is 5.11 Å². The van der Waals surface area contributed by atoms with Crippen molar-refractivity contribution in [1.82, 2.24) is 15.1 Å². The Kier molecular flexibility index (Phi) is 7.91. The smallest absolute Gasteiger partial charge is 0.0798 e. The summed E-state index contributed by atoms with van der Waals surface area (Å²) in [6.07, 6.45) is 2.98. The van der Waals surface area contributed by atoms with Crippen LogP contribution >= 0.6 is 0 Å². The van der Waals surface area contributed by atoms with Gasteiger partial charge in [0.05, 0.1) is 5.60 Å². The monoisotopic (exact) mass is 271 g/mol. The molecule has 0 bridgehead atoms. The van der Waals surface area contributed by atoms with Crippen molar-refractivity contribution in [3.05, 3.63) is 0 Å². The van der Waals surface area contributed by atoms with E-state index in [9.17, 15) is 5.11 Å². The Labute approximate surface area is 119 Å². The Morgan fingerprint density at radius 3 is 2.00 bits per heavy atom. The number of hydrogen-bond donors (Lipinski definition) is 2. The second-order valence-electron chi connectivity index (χ2n) is 5.72. The van der Waals surface area contributed by atoms with Crippen molar-refractivity contribution in [3.63, 3.8) is 0 Å².